The number of benzene rings is 2. The molecule has 1 fully saturated rings. The van der Waals surface area contributed by atoms with Gasteiger partial charge in [0.15, 0.2) is 0 Å². The van der Waals surface area contributed by atoms with Crippen LogP contribution >= 0.6 is 11.8 Å². The summed E-state index contributed by atoms with van der Waals surface area (Å²) in [5.41, 5.74) is -4.27. The van der Waals surface area contributed by atoms with Crippen molar-refractivity contribution in [3.05, 3.63) is 59.7 Å². The van der Waals surface area contributed by atoms with Crippen LogP contribution in [0.4, 0.5) is 22.0 Å². The Balaban J connectivity index is 1.66. The Hall–Kier alpha value is -2.18. The predicted molar refractivity (Wildman–Crippen MR) is 99.4 cm³/mol. The molecule has 162 valence electrons. The molecule has 1 amide bonds. The number of hydrogen-bond donors (Lipinski definition) is 0. The van der Waals surface area contributed by atoms with E-state index in [1.807, 2.05) is 0 Å². The SMILES string of the molecule is O=C(c1ccc(SC(F)(F)F)cc1)N1CCN(S(=O)(=O)c2cc(F)ccc2F)CC1. The molecule has 0 saturated carbocycles. The molecule has 1 aliphatic rings. The van der Waals surface area contributed by atoms with E-state index in [1.165, 1.54) is 29.2 Å². The molecule has 0 N–H and O–H groups in total. The fourth-order valence-electron chi connectivity index (χ4n) is 2.93. The Kier molecular flexibility index (Phi) is 6.39. The minimum atomic E-state index is -4.44. The van der Waals surface area contributed by atoms with Gasteiger partial charge in [0.05, 0.1) is 0 Å². The van der Waals surface area contributed by atoms with Crippen LogP contribution in [-0.2, 0) is 10.0 Å². The molecule has 0 radical (unpaired) electrons. The predicted octanol–water partition coefficient (Wildman–Crippen LogP) is 3.72. The number of carbonyl (C=O) groups is 1. The first-order chi connectivity index (χ1) is 14.0. The maximum atomic E-state index is 13.9. The lowest BCUT2D eigenvalue weighted by Crippen LogP contribution is -2.50. The van der Waals surface area contributed by atoms with Crippen molar-refractivity contribution < 1.29 is 35.2 Å². The number of sulfonamides is 1. The van der Waals surface area contributed by atoms with Gasteiger partial charge in [-0.1, -0.05) is 0 Å². The summed E-state index contributed by atoms with van der Waals surface area (Å²) in [5, 5.41) is 0. The highest BCUT2D eigenvalue weighted by molar-refractivity contribution is 8.00. The second-order valence-electron chi connectivity index (χ2n) is 6.34. The zero-order chi connectivity index (χ0) is 22.1. The second kappa shape index (κ2) is 8.52. The largest absolute Gasteiger partial charge is 0.446 e. The summed E-state index contributed by atoms with van der Waals surface area (Å²) in [4.78, 5) is 13.0. The van der Waals surface area contributed by atoms with Crippen molar-refractivity contribution in [3.8, 4) is 0 Å². The maximum Gasteiger partial charge on any atom is 0.446 e. The summed E-state index contributed by atoms with van der Waals surface area (Å²) in [6.45, 7) is -0.278. The molecular formula is C18H15F5N2O3S2. The topological polar surface area (TPSA) is 57.7 Å². The maximum absolute atomic E-state index is 13.9. The quantitative estimate of drug-likeness (QED) is 0.509. The summed E-state index contributed by atoms with van der Waals surface area (Å²) >= 11 is -0.296. The Morgan fingerprint density at radius 1 is 0.933 bits per heavy atom. The molecular weight excluding hydrogens is 451 g/mol. The number of alkyl halides is 3. The highest BCUT2D eigenvalue weighted by Gasteiger charge is 2.33. The van der Waals surface area contributed by atoms with Gasteiger partial charge in [0.1, 0.15) is 16.5 Å². The Bertz CT molecular complexity index is 1030. The Labute approximate surface area is 173 Å². The molecule has 3 rings (SSSR count). The first-order valence-corrected chi connectivity index (χ1v) is 10.8. The third-order valence-corrected chi connectivity index (χ3v) is 7.02. The van der Waals surface area contributed by atoms with Crippen LogP contribution in [0.3, 0.4) is 0 Å². The van der Waals surface area contributed by atoms with Crippen LogP contribution < -0.4 is 0 Å². The van der Waals surface area contributed by atoms with E-state index in [1.54, 1.807) is 0 Å². The smallest absolute Gasteiger partial charge is 0.336 e. The number of nitrogens with zero attached hydrogens (tertiary/aromatic N) is 2. The average Bonchev–Trinajstić information content (AvgIpc) is 2.68. The molecule has 1 saturated heterocycles. The minimum Gasteiger partial charge on any atom is -0.336 e. The van der Waals surface area contributed by atoms with Gasteiger partial charge in [-0.2, -0.15) is 17.5 Å². The number of rotatable bonds is 4. The summed E-state index contributed by atoms with van der Waals surface area (Å²) in [6.07, 6.45) is 0. The zero-order valence-electron chi connectivity index (χ0n) is 15.2. The molecule has 0 spiro atoms. The van der Waals surface area contributed by atoms with Gasteiger partial charge in [-0.05, 0) is 54.2 Å². The first kappa shape index (κ1) is 22.5. The van der Waals surface area contributed by atoms with Gasteiger partial charge in [-0.25, -0.2) is 17.2 Å². The highest BCUT2D eigenvalue weighted by atomic mass is 32.2. The molecule has 0 aliphatic carbocycles. The first-order valence-electron chi connectivity index (χ1n) is 8.58. The molecule has 0 unspecified atom stereocenters. The van der Waals surface area contributed by atoms with E-state index in [4.69, 9.17) is 0 Å². The number of amides is 1. The lowest BCUT2D eigenvalue weighted by Gasteiger charge is -2.34. The standard InChI is InChI=1S/C18H15F5N2O3S2/c19-13-3-6-15(20)16(11-13)30(27,28)25-9-7-24(8-10-25)17(26)12-1-4-14(5-2-12)29-18(21,22)23/h1-6,11H,7-10H2. The van der Waals surface area contributed by atoms with E-state index in [0.29, 0.717) is 6.07 Å². The van der Waals surface area contributed by atoms with Crippen molar-refractivity contribution in [2.45, 2.75) is 15.3 Å². The van der Waals surface area contributed by atoms with Crippen LogP contribution in [0.25, 0.3) is 0 Å². The van der Waals surface area contributed by atoms with Crippen molar-refractivity contribution in [1.29, 1.82) is 0 Å². The highest BCUT2D eigenvalue weighted by Crippen LogP contribution is 2.36. The lowest BCUT2D eigenvalue weighted by atomic mass is 10.2. The van der Waals surface area contributed by atoms with Crippen molar-refractivity contribution in [3.63, 3.8) is 0 Å². The number of halogens is 5. The third-order valence-electron chi connectivity index (χ3n) is 4.37. The second-order valence-corrected chi connectivity index (χ2v) is 9.39. The fourth-order valence-corrected chi connectivity index (χ4v) is 4.96. The normalized spacial score (nSPS) is 16.0. The van der Waals surface area contributed by atoms with Gasteiger partial charge in [0, 0.05) is 36.6 Å². The van der Waals surface area contributed by atoms with Crippen LogP contribution in [0.5, 0.6) is 0 Å². The summed E-state index contributed by atoms with van der Waals surface area (Å²) in [7, 11) is -4.28. The molecule has 12 heteroatoms. The molecule has 0 atom stereocenters. The number of hydrogen-bond acceptors (Lipinski definition) is 4. The van der Waals surface area contributed by atoms with E-state index in [9.17, 15) is 35.2 Å². The van der Waals surface area contributed by atoms with Crippen LogP contribution in [-0.4, -0.2) is 55.2 Å². The zero-order valence-corrected chi connectivity index (χ0v) is 16.8. The van der Waals surface area contributed by atoms with Crippen LogP contribution in [0.1, 0.15) is 10.4 Å². The molecule has 5 nitrogen and oxygen atoms in total. The van der Waals surface area contributed by atoms with E-state index < -0.39 is 38.0 Å². The van der Waals surface area contributed by atoms with Gasteiger partial charge in [-0.15, -0.1) is 0 Å². The number of piperazine rings is 1. The van der Waals surface area contributed by atoms with Crippen molar-refractivity contribution >= 4 is 27.7 Å². The van der Waals surface area contributed by atoms with Gasteiger partial charge < -0.3 is 4.90 Å². The van der Waals surface area contributed by atoms with E-state index in [0.717, 1.165) is 16.4 Å². The number of thioether (sulfide) groups is 1. The Morgan fingerprint density at radius 3 is 2.10 bits per heavy atom. The van der Waals surface area contributed by atoms with Crippen molar-refractivity contribution in [1.82, 2.24) is 9.21 Å². The molecule has 1 aliphatic heterocycles. The summed E-state index contributed by atoms with van der Waals surface area (Å²) in [5.74, 6) is -2.44. The van der Waals surface area contributed by atoms with E-state index in [2.05, 4.69) is 0 Å². The molecule has 0 aromatic heterocycles. The fraction of sp³-hybridized carbons (Fsp3) is 0.278. The molecule has 2 aromatic carbocycles. The van der Waals surface area contributed by atoms with Gasteiger partial charge in [-0.3, -0.25) is 4.79 Å². The van der Waals surface area contributed by atoms with Gasteiger partial charge >= 0.3 is 5.51 Å². The van der Waals surface area contributed by atoms with Crippen molar-refractivity contribution in [2.75, 3.05) is 26.2 Å². The van der Waals surface area contributed by atoms with Crippen molar-refractivity contribution in [2.24, 2.45) is 0 Å². The summed E-state index contributed by atoms with van der Waals surface area (Å²) < 4.78 is 90.5. The number of carbonyl (C=O) groups excluding carboxylic acids is 1. The average molecular weight is 466 g/mol. The third kappa shape index (κ3) is 5.10. The van der Waals surface area contributed by atoms with E-state index in [-0.39, 0.29) is 48.4 Å². The van der Waals surface area contributed by atoms with Crippen LogP contribution in [0.15, 0.2) is 52.3 Å². The van der Waals surface area contributed by atoms with E-state index >= 15 is 0 Å². The van der Waals surface area contributed by atoms with Gasteiger partial charge in [0.25, 0.3) is 5.91 Å². The molecule has 0 bridgehead atoms. The van der Waals surface area contributed by atoms with Gasteiger partial charge in [0.2, 0.25) is 10.0 Å². The van der Waals surface area contributed by atoms with Crippen LogP contribution in [0.2, 0.25) is 0 Å². The minimum absolute atomic E-state index is 0.00590. The molecule has 2 aromatic rings. The lowest BCUT2D eigenvalue weighted by molar-refractivity contribution is -0.0328. The molecule has 30 heavy (non-hydrogen) atoms. The monoisotopic (exact) mass is 466 g/mol. The summed E-state index contributed by atoms with van der Waals surface area (Å²) in [6, 6.07) is 7.02. The van der Waals surface area contributed by atoms with Crippen LogP contribution in [0, 0.1) is 11.6 Å². The Morgan fingerprint density at radius 2 is 1.53 bits per heavy atom. The molecule has 1 heterocycles.